The summed E-state index contributed by atoms with van der Waals surface area (Å²) < 4.78 is 21.1. The van der Waals surface area contributed by atoms with E-state index in [1.54, 1.807) is 6.07 Å². The predicted octanol–water partition coefficient (Wildman–Crippen LogP) is 3.89. The topological polar surface area (TPSA) is 129 Å². The molecule has 2 heterocycles. The van der Waals surface area contributed by atoms with Gasteiger partial charge in [-0.05, 0) is 71.8 Å². The molecule has 0 radical (unpaired) electrons. The third-order valence-corrected chi connectivity index (χ3v) is 8.39. The average Bonchev–Trinajstić information content (AvgIpc) is 3.42. The molecule has 3 aromatic rings. The smallest absolute Gasteiger partial charge is 0.323 e. The molecule has 5 rings (SSSR count). The van der Waals surface area contributed by atoms with Crippen LogP contribution >= 0.6 is 0 Å². The van der Waals surface area contributed by atoms with E-state index < -0.39 is 29.6 Å². The fourth-order valence-corrected chi connectivity index (χ4v) is 5.78. The van der Waals surface area contributed by atoms with Gasteiger partial charge in [-0.25, -0.2) is 9.18 Å². The number of hydrogen-bond donors (Lipinski definition) is 4. The first-order chi connectivity index (χ1) is 21.1. The van der Waals surface area contributed by atoms with Gasteiger partial charge in [0.25, 0.3) is 0 Å². The van der Waals surface area contributed by atoms with Crippen molar-refractivity contribution in [2.75, 3.05) is 32.6 Å². The fourth-order valence-electron chi connectivity index (χ4n) is 5.78. The molecule has 230 valence electrons. The SMILES string of the molecule is COc1cc(-c2cccc(-c3cccc(NC(=O)C4CNC(=O)N(C)C4=O)c3C)c2C)cc(F)c1CNC[C@H]1CCC(=O)N1. The lowest BCUT2D eigenvalue weighted by molar-refractivity contribution is -0.138. The van der Waals surface area contributed by atoms with Crippen molar-refractivity contribution in [3.63, 3.8) is 0 Å². The number of carbonyl (C=O) groups is 4. The molecule has 1 unspecified atom stereocenters. The van der Waals surface area contributed by atoms with Crippen LogP contribution in [0.5, 0.6) is 5.75 Å². The van der Waals surface area contributed by atoms with Gasteiger partial charge in [0, 0.05) is 50.4 Å². The highest BCUT2D eigenvalue weighted by Gasteiger charge is 2.36. The van der Waals surface area contributed by atoms with E-state index in [1.807, 2.05) is 50.2 Å². The largest absolute Gasteiger partial charge is 0.496 e. The van der Waals surface area contributed by atoms with Crippen molar-refractivity contribution in [2.24, 2.45) is 5.92 Å². The lowest BCUT2D eigenvalue weighted by Gasteiger charge is -2.28. The second-order valence-corrected chi connectivity index (χ2v) is 11.2. The van der Waals surface area contributed by atoms with Crippen LogP contribution < -0.4 is 26.0 Å². The number of ether oxygens (including phenoxy) is 1. The molecule has 2 saturated heterocycles. The Morgan fingerprint density at radius 1 is 1.05 bits per heavy atom. The van der Waals surface area contributed by atoms with Crippen LogP contribution in [0.15, 0.2) is 48.5 Å². The lowest BCUT2D eigenvalue weighted by Crippen LogP contribution is -2.56. The number of nitrogens with one attached hydrogen (secondary N) is 4. The summed E-state index contributed by atoms with van der Waals surface area (Å²) in [6.07, 6.45) is 1.27. The van der Waals surface area contributed by atoms with E-state index in [2.05, 4.69) is 21.3 Å². The predicted molar refractivity (Wildman–Crippen MR) is 164 cm³/mol. The Hall–Kier alpha value is -4.77. The Bertz CT molecular complexity index is 1640. The highest BCUT2D eigenvalue weighted by Crippen LogP contribution is 2.37. The Morgan fingerprint density at radius 3 is 2.45 bits per heavy atom. The van der Waals surface area contributed by atoms with E-state index in [0.29, 0.717) is 35.5 Å². The minimum Gasteiger partial charge on any atom is -0.496 e. The van der Waals surface area contributed by atoms with Crippen LogP contribution in [0.3, 0.4) is 0 Å². The monoisotopic (exact) mass is 601 g/mol. The molecule has 0 saturated carbocycles. The lowest BCUT2D eigenvalue weighted by atomic mass is 9.90. The molecule has 4 N–H and O–H groups in total. The van der Waals surface area contributed by atoms with Gasteiger partial charge in [-0.2, -0.15) is 0 Å². The van der Waals surface area contributed by atoms with Crippen molar-refractivity contribution in [3.8, 4) is 28.0 Å². The molecule has 5 amide bonds. The van der Waals surface area contributed by atoms with Crippen molar-refractivity contribution < 1.29 is 28.3 Å². The number of carbonyl (C=O) groups excluding carboxylic acids is 4. The number of urea groups is 1. The van der Waals surface area contributed by atoms with Crippen molar-refractivity contribution in [2.45, 2.75) is 39.3 Å². The summed E-state index contributed by atoms with van der Waals surface area (Å²) in [6.45, 7) is 4.58. The highest BCUT2D eigenvalue weighted by molar-refractivity contribution is 6.12. The molecular weight excluding hydrogens is 565 g/mol. The van der Waals surface area contributed by atoms with Gasteiger partial charge in [-0.15, -0.1) is 0 Å². The zero-order chi connectivity index (χ0) is 31.5. The first-order valence-electron chi connectivity index (χ1n) is 14.5. The molecule has 3 aromatic carbocycles. The molecule has 10 nitrogen and oxygen atoms in total. The van der Waals surface area contributed by atoms with E-state index in [1.165, 1.54) is 20.2 Å². The van der Waals surface area contributed by atoms with Gasteiger partial charge in [-0.1, -0.05) is 30.3 Å². The summed E-state index contributed by atoms with van der Waals surface area (Å²) in [5, 5.41) is 11.5. The van der Waals surface area contributed by atoms with E-state index >= 15 is 4.39 Å². The van der Waals surface area contributed by atoms with Crippen molar-refractivity contribution in [1.29, 1.82) is 0 Å². The van der Waals surface area contributed by atoms with E-state index in [9.17, 15) is 19.2 Å². The fraction of sp³-hybridized carbons (Fsp3) is 0.333. The van der Waals surface area contributed by atoms with Crippen LogP contribution in [0.1, 0.15) is 29.5 Å². The molecule has 2 aliphatic rings. The van der Waals surface area contributed by atoms with Gasteiger partial charge in [0.1, 0.15) is 17.5 Å². The van der Waals surface area contributed by atoms with Crippen LogP contribution in [0.2, 0.25) is 0 Å². The minimum absolute atomic E-state index is 0.0365. The van der Waals surface area contributed by atoms with E-state index in [0.717, 1.165) is 39.1 Å². The third kappa shape index (κ3) is 6.14. The third-order valence-electron chi connectivity index (χ3n) is 8.39. The molecule has 2 aliphatic heterocycles. The van der Waals surface area contributed by atoms with Crippen LogP contribution in [-0.2, 0) is 20.9 Å². The number of methoxy groups -OCH3 is 1. The van der Waals surface area contributed by atoms with Crippen LogP contribution in [0.25, 0.3) is 22.3 Å². The molecule has 11 heteroatoms. The molecule has 0 aromatic heterocycles. The Morgan fingerprint density at radius 2 is 1.75 bits per heavy atom. The van der Waals surface area contributed by atoms with E-state index in [4.69, 9.17) is 4.74 Å². The first-order valence-corrected chi connectivity index (χ1v) is 14.5. The maximum atomic E-state index is 15.5. The normalized spacial score (nSPS) is 18.2. The number of amides is 5. The minimum atomic E-state index is -1.03. The molecule has 0 aliphatic carbocycles. The van der Waals surface area contributed by atoms with Crippen LogP contribution in [0, 0.1) is 25.6 Å². The van der Waals surface area contributed by atoms with Crippen LogP contribution in [0.4, 0.5) is 14.9 Å². The maximum absolute atomic E-state index is 15.5. The second kappa shape index (κ2) is 12.8. The second-order valence-electron chi connectivity index (χ2n) is 11.2. The highest BCUT2D eigenvalue weighted by atomic mass is 19.1. The van der Waals surface area contributed by atoms with E-state index in [-0.39, 0.29) is 25.0 Å². The standard InChI is InChI=1S/C33H36FN5O5/c1-18-22(20-13-27(34)25(29(14-20)44-4)16-35-15-21-11-12-30(40)37-21)7-5-8-23(18)24-9-6-10-28(19(24)2)38-31(41)26-17-36-33(43)39(3)32(26)42/h5-10,13-14,21,26,35H,11-12,15-17H2,1-4H3,(H,36,43)(H,37,40)(H,38,41)/t21-,26?/m1/s1. The number of halogens is 1. The Balaban J connectivity index is 1.38. The number of rotatable bonds is 9. The number of anilines is 1. The average molecular weight is 602 g/mol. The van der Waals surface area contributed by atoms with Gasteiger partial charge in [0.2, 0.25) is 17.7 Å². The molecule has 2 atom stereocenters. The van der Waals surface area contributed by atoms with Gasteiger partial charge >= 0.3 is 6.03 Å². The molecule has 44 heavy (non-hydrogen) atoms. The summed E-state index contributed by atoms with van der Waals surface area (Å²) in [6, 6.07) is 14.2. The Labute approximate surface area is 255 Å². The molecule has 2 fully saturated rings. The number of imide groups is 1. The van der Waals surface area contributed by atoms with Gasteiger partial charge in [-0.3, -0.25) is 19.3 Å². The summed E-state index contributed by atoms with van der Waals surface area (Å²) >= 11 is 0. The first kappa shape index (κ1) is 30.7. The molecule has 0 spiro atoms. The van der Waals surface area contributed by atoms with Gasteiger partial charge < -0.3 is 26.0 Å². The van der Waals surface area contributed by atoms with Crippen molar-refractivity contribution in [1.82, 2.24) is 20.9 Å². The molecule has 0 bridgehead atoms. The van der Waals surface area contributed by atoms with Gasteiger partial charge in [0.15, 0.2) is 0 Å². The summed E-state index contributed by atoms with van der Waals surface area (Å²) in [5.74, 6) is -2.03. The maximum Gasteiger partial charge on any atom is 0.323 e. The Kier molecular flexibility index (Phi) is 8.96. The number of benzene rings is 3. The zero-order valence-electron chi connectivity index (χ0n) is 25.2. The summed E-state index contributed by atoms with van der Waals surface area (Å²) in [7, 11) is 2.85. The quantitative estimate of drug-likeness (QED) is 0.276. The van der Waals surface area contributed by atoms with Crippen LogP contribution in [-0.4, -0.2) is 61.9 Å². The van der Waals surface area contributed by atoms with Crippen molar-refractivity contribution in [3.05, 3.63) is 71.0 Å². The number of hydrogen-bond acceptors (Lipinski definition) is 6. The molecular formula is C33H36FN5O5. The zero-order valence-corrected chi connectivity index (χ0v) is 25.2. The van der Waals surface area contributed by atoms with Gasteiger partial charge in [0.05, 0.1) is 7.11 Å². The number of nitrogens with zero attached hydrogens (tertiary/aromatic N) is 1. The summed E-state index contributed by atoms with van der Waals surface area (Å²) in [4.78, 5) is 49.6. The summed E-state index contributed by atoms with van der Waals surface area (Å²) in [5.41, 5.74) is 5.93. The van der Waals surface area contributed by atoms with Crippen molar-refractivity contribution >= 4 is 29.4 Å².